The zero-order chi connectivity index (χ0) is 16.4. The second-order valence-corrected chi connectivity index (χ2v) is 4.67. The number of benzene rings is 1. The average Bonchev–Trinajstić information content (AvgIpc) is 2.53. The van der Waals surface area contributed by atoms with Gasteiger partial charge in [0.1, 0.15) is 0 Å². The Morgan fingerprint density at radius 1 is 1.36 bits per heavy atom. The highest BCUT2D eigenvalue weighted by molar-refractivity contribution is 6.17. The molecule has 0 N–H and O–H groups in total. The van der Waals surface area contributed by atoms with Crippen LogP contribution < -0.4 is 9.47 Å². The molecule has 0 heterocycles. The normalized spacial score (nSPS) is 11.0. The van der Waals surface area contributed by atoms with Gasteiger partial charge in [-0.25, -0.2) is 4.79 Å². The summed E-state index contributed by atoms with van der Waals surface area (Å²) in [6, 6.07) is 5.28. The van der Waals surface area contributed by atoms with Crippen molar-refractivity contribution in [2.24, 2.45) is 0 Å². The van der Waals surface area contributed by atoms with E-state index in [-0.39, 0.29) is 0 Å². The zero-order valence-electron chi connectivity index (χ0n) is 12.9. The molecule has 0 unspecified atom stereocenters. The Bertz CT molecular complexity index is 537. The molecule has 1 aromatic carbocycles. The fourth-order valence-electron chi connectivity index (χ4n) is 1.80. The Morgan fingerprint density at radius 2 is 2.14 bits per heavy atom. The molecule has 0 fully saturated rings. The molecule has 0 aliphatic rings. The Morgan fingerprint density at radius 3 is 2.73 bits per heavy atom. The zero-order valence-corrected chi connectivity index (χ0v) is 13.7. The van der Waals surface area contributed by atoms with Gasteiger partial charge >= 0.3 is 5.97 Å². The van der Waals surface area contributed by atoms with Crippen LogP contribution in [0.15, 0.2) is 36.9 Å². The van der Waals surface area contributed by atoms with Crippen LogP contribution in [0.5, 0.6) is 11.5 Å². The maximum Gasteiger partial charge on any atom is 0.338 e. The fraction of sp³-hybridized carbons (Fsp3) is 0.353. The minimum Gasteiger partial charge on any atom is -0.493 e. The van der Waals surface area contributed by atoms with E-state index in [4.69, 9.17) is 25.8 Å². The molecule has 0 amide bonds. The van der Waals surface area contributed by atoms with E-state index in [9.17, 15) is 4.79 Å². The molecule has 22 heavy (non-hydrogen) atoms. The summed E-state index contributed by atoms with van der Waals surface area (Å²) in [6.07, 6.45) is 3.90. The van der Waals surface area contributed by atoms with Gasteiger partial charge in [-0.3, -0.25) is 0 Å². The molecule has 0 aromatic heterocycles. The van der Waals surface area contributed by atoms with Crippen molar-refractivity contribution in [3.8, 4) is 11.5 Å². The number of hydrogen-bond donors (Lipinski definition) is 0. The van der Waals surface area contributed by atoms with Crippen LogP contribution in [-0.4, -0.2) is 32.2 Å². The predicted octanol–water partition coefficient (Wildman–Crippen LogP) is 3.84. The van der Waals surface area contributed by atoms with Gasteiger partial charge in [-0.05, 0) is 37.1 Å². The SMILES string of the molecule is C=CC=C(C(=O)OCC)c1ccc(OCCCCl)c(OC)c1. The number of esters is 1. The van der Waals surface area contributed by atoms with Crippen LogP contribution in [-0.2, 0) is 9.53 Å². The van der Waals surface area contributed by atoms with Crippen molar-refractivity contribution in [2.75, 3.05) is 26.2 Å². The molecule has 0 aliphatic carbocycles. The topological polar surface area (TPSA) is 44.8 Å². The Kier molecular flexibility index (Phi) is 8.15. The molecular formula is C17H21ClO4. The van der Waals surface area contributed by atoms with Gasteiger partial charge in [0.05, 0.1) is 25.9 Å². The summed E-state index contributed by atoms with van der Waals surface area (Å²) in [5.41, 5.74) is 1.10. The van der Waals surface area contributed by atoms with E-state index >= 15 is 0 Å². The summed E-state index contributed by atoms with van der Waals surface area (Å²) in [5.74, 6) is 1.29. The van der Waals surface area contributed by atoms with E-state index in [0.29, 0.717) is 41.7 Å². The number of allylic oxidation sites excluding steroid dienone is 2. The lowest BCUT2D eigenvalue weighted by molar-refractivity contribution is -0.136. The molecule has 1 aromatic rings. The Hall–Kier alpha value is -1.94. The van der Waals surface area contributed by atoms with E-state index < -0.39 is 5.97 Å². The lowest BCUT2D eigenvalue weighted by atomic mass is 10.0. The van der Waals surface area contributed by atoms with Crippen LogP contribution in [0.2, 0.25) is 0 Å². The first-order valence-electron chi connectivity index (χ1n) is 7.04. The van der Waals surface area contributed by atoms with E-state index in [1.807, 2.05) is 0 Å². The highest BCUT2D eigenvalue weighted by atomic mass is 35.5. The molecule has 0 bridgehead atoms. The third kappa shape index (κ3) is 5.11. The van der Waals surface area contributed by atoms with Crippen molar-refractivity contribution in [3.63, 3.8) is 0 Å². The number of carbonyl (C=O) groups is 1. The van der Waals surface area contributed by atoms with Crippen LogP contribution in [0.3, 0.4) is 0 Å². The van der Waals surface area contributed by atoms with Crippen LogP contribution in [0.25, 0.3) is 5.57 Å². The molecule has 0 radical (unpaired) electrons. The quantitative estimate of drug-likeness (QED) is 0.228. The minimum atomic E-state index is -0.403. The number of carbonyl (C=O) groups excluding carboxylic acids is 1. The van der Waals surface area contributed by atoms with Gasteiger partial charge in [0.2, 0.25) is 0 Å². The van der Waals surface area contributed by atoms with E-state index in [0.717, 1.165) is 6.42 Å². The van der Waals surface area contributed by atoms with Crippen LogP contribution in [0, 0.1) is 0 Å². The molecule has 0 saturated carbocycles. The van der Waals surface area contributed by atoms with Crippen molar-refractivity contribution < 1.29 is 19.0 Å². The number of ether oxygens (including phenoxy) is 3. The summed E-state index contributed by atoms with van der Waals surface area (Å²) >= 11 is 5.63. The molecule has 0 saturated heterocycles. The monoisotopic (exact) mass is 324 g/mol. The van der Waals surface area contributed by atoms with Gasteiger partial charge in [-0.2, -0.15) is 0 Å². The van der Waals surface area contributed by atoms with Crippen molar-refractivity contribution in [3.05, 3.63) is 42.5 Å². The summed E-state index contributed by atoms with van der Waals surface area (Å²) in [4.78, 5) is 12.0. The van der Waals surface area contributed by atoms with Crippen LogP contribution in [0.4, 0.5) is 0 Å². The number of halogens is 1. The van der Waals surface area contributed by atoms with Crippen molar-refractivity contribution in [1.82, 2.24) is 0 Å². The summed E-state index contributed by atoms with van der Waals surface area (Å²) in [5, 5.41) is 0. The van der Waals surface area contributed by atoms with Gasteiger partial charge in [-0.1, -0.05) is 18.7 Å². The third-order valence-corrected chi connectivity index (χ3v) is 3.06. The molecule has 0 spiro atoms. The second kappa shape index (κ2) is 9.90. The Balaban J connectivity index is 3.06. The third-order valence-electron chi connectivity index (χ3n) is 2.79. The molecular weight excluding hydrogens is 304 g/mol. The van der Waals surface area contributed by atoms with Gasteiger partial charge in [0.25, 0.3) is 0 Å². The van der Waals surface area contributed by atoms with Gasteiger partial charge in [0, 0.05) is 5.88 Å². The van der Waals surface area contributed by atoms with Crippen LogP contribution >= 0.6 is 11.6 Å². The minimum absolute atomic E-state index is 0.310. The maximum absolute atomic E-state index is 12.0. The lowest BCUT2D eigenvalue weighted by Gasteiger charge is -2.13. The molecule has 5 heteroatoms. The van der Waals surface area contributed by atoms with Crippen molar-refractivity contribution in [1.29, 1.82) is 0 Å². The van der Waals surface area contributed by atoms with E-state index in [1.165, 1.54) is 0 Å². The Labute approximate surface area is 136 Å². The first-order chi connectivity index (χ1) is 10.7. The largest absolute Gasteiger partial charge is 0.493 e. The first-order valence-corrected chi connectivity index (χ1v) is 7.58. The molecule has 0 aliphatic heterocycles. The smallest absolute Gasteiger partial charge is 0.338 e. The van der Waals surface area contributed by atoms with Gasteiger partial charge in [-0.15, -0.1) is 11.6 Å². The number of alkyl halides is 1. The number of methoxy groups -OCH3 is 1. The fourth-order valence-corrected chi connectivity index (χ4v) is 1.91. The predicted molar refractivity (Wildman–Crippen MR) is 88.6 cm³/mol. The summed E-state index contributed by atoms with van der Waals surface area (Å²) in [6.45, 7) is 6.20. The van der Waals surface area contributed by atoms with Crippen LogP contribution in [0.1, 0.15) is 18.9 Å². The number of hydrogen-bond acceptors (Lipinski definition) is 4. The first kappa shape index (κ1) is 18.1. The molecule has 4 nitrogen and oxygen atoms in total. The van der Waals surface area contributed by atoms with Crippen molar-refractivity contribution in [2.45, 2.75) is 13.3 Å². The maximum atomic E-state index is 12.0. The summed E-state index contributed by atoms with van der Waals surface area (Å²) in [7, 11) is 1.55. The lowest BCUT2D eigenvalue weighted by Crippen LogP contribution is -2.07. The molecule has 0 atom stereocenters. The molecule has 1 rings (SSSR count). The summed E-state index contributed by atoms with van der Waals surface area (Å²) < 4.78 is 16.0. The molecule has 120 valence electrons. The van der Waals surface area contributed by atoms with E-state index in [2.05, 4.69) is 6.58 Å². The average molecular weight is 325 g/mol. The van der Waals surface area contributed by atoms with Gasteiger partial charge < -0.3 is 14.2 Å². The second-order valence-electron chi connectivity index (χ2n) is 4.29. The van der Waals surface area contributed by atoms with Crippen molar-refractivity contribution >= 4 is 23.1 Å². The highest BCUT2D eigenvalue weighted by Gasteiger charge is 2.15. The van der Waals surface area contributed by atoms with Gasteiger partial charge in [0.15, 0.2) is 11.5 Å². The number of rotatable bonds is 9. The standard InChI is InChI=1S/C17H21ClO4/c1-4-7-14(17(19)21-5-2)13-8-9-15(16(12-13)20-3)22-11-6-10-18/h4,7-9,12H,1,5-6,10-11H2,2-3H3. The highest BCUT2D eigenvalue weighted by Crippen LogP contribution is 2.31. The van der Waals surface area contributed by atoms with E-state index in [1.54, 1.807) is 44.4 Å².